The van der Waals surface area contributed by atoms with Crippen molar-refractivity contribution in [1.29, 1.82) is 0 Å². The summed E-state index contributed by atoms with van der Waals surface area (Å²) in [5.41, 5.74) is 0.758. The summed E-state index contributed by atoms with van der Waals surface area (Å²) in [6, 6.07) is 11.2. The lowest BCUT2D eigenvalue weighted by atomic mass is 10.2. The Morgan fingerprint density at radius 1 is 1.08 bits per heavy atom. The van der Waals surface area contributed by atoms with E-state index in [0.29, 0.717) is 15.7 Å². The Kier molecular flexibility index (Phi) is 6.14. The first kappa shape index (κ1) is 18.2. The van der Waals surface area contributed by atoms with Gasteiger partial charge in [-0.1, -0.05) is 35.3 Å². The molecule has 0 bridgehead atoms. The average Bonchev–Trinajstić information content (AvgIpc) is 2.50. The van der Waals surface area contributed by atoms with E-state index < -0.39 is 11.9 Å². The topological polar surface area (TPSA) is 67.4 Å². The largest absolute Gasteiger partial charge is 0.426 e. The predicted molar refractivity (Wildman–Crippen MR) is 97.9 cm³/mol. The first-order valence-electron chi connectivity index (χ1n) is 6.71. The second-order valence-corrected chi connectivity index (χ2v) is 5.85. The zero-order valence-corrected chi connectivity index (χ0v) is 14.8. The van der Waals surface area contributed by atoms with Crippen LogP contribution in [-0.2, 0) is 4.79 Å². The molecule has 0 saturated heterocycles. The van der Waals surface area contributed by atoms with Crippen molar-refractivity contribution in [1.82, 2.24) is 5.32 Å². The van der Waals surface area contributed by atoms with E-state index in [1.54, 1.807) is 30.3 Å². The molecule has 24 heavy (non-hydrogen) atoms. The SMILES string of the molecule is CC(=O)Oc1ccccc1C(=O)NC(=S)Nc1ccc(Cl)c(Cl)c1. The molecule has 0 radical (unpaired) electrons. The van der Waals surface area contributed by atoms with Gasteiger partial charge >= 0.3 is 5.97 Å². The lowest BCUT2D eigenvalue weighted by Crippen LogP contribution is -2.34. The molecule has 2 aromatic rings. The summed E-state index contributed by atoms with van der Waals surface area (Å²) in [6.45, 7) is 1.26. The molecule has 0 atom stereocenters. The van der Waals surface area contributed by atoms with Crippen molar-refractivity contribution < 1.29 is 14.3 Å². The smallest absolute Gasteiger partial charge is 0.308 e. The van der Waals surface area contributed by atoms with Gasteiger partial charge in [-0.3, -0.25) is 14.9 Å². The van der Waals surface area contributed by atoms with Gasteiger partial charge in [-0.2, -0.15) is 0 Å². The molecule has 2 rings (SSSR count). The molecule has 0 aliphatic carbocycles. The maximum absolute atomic E-state index is 12.3. The van der Waals surface area contributed by atoms with Crippen LogP contribution in [0.4, 0.5) is 5.69 Å². The van der Waals surface area contributed by atoms with Crippen LogP contribution in [0.5, 0.6) is 5.75 Å². The molecule has 1 amide bonds. The van der Waals surface area contributed by atoms with Crippen molar-refractivity contribution >= 4 is 58.1 Å². The van der Waals surface area contributed by atoms with Crippen LogP contribution in [0.1, 0.15) is 17.3 Å². The van der Waals surface area contributed by atoms with Gasteiger partial charge in [-0.15, -0.1) is 0 Å². The Hall–Kier alpha value is -2.15. The summed E-state index contributed by atoms with van der Waals surface area (Å²) in [7, 11) is 0. The number of ether oxygens (including phenoxy) is 1. The number of thiocarbonyl (C=S) groups is 1. The number of carbonyl (C=O) groups excluding carboxylic acids is 2. The zero-order valence-electron chi connectivity index (χ0n) is 12.4. The number of esters is 1. The van der Waals surface area contributed by atoms with Gasteiger partial charge in [0.2, 0.25) is 0 Å². The number of nitrogens with one attached hydrogen (secondary N) is 2. The van der Waals surface area contributed by atoms with Gasteiger partial charge in [0.05, 0.1) is 15.6 Å². The van der Waals surface area contributed by atoms with Crippen LogP contribution >= 0.6 is 35.4 Å². The summed E-state index contributed by atoms with van der Waals surface area (Å²) in [5.74, 6) is -0.879. The van der Waals surface area contributed by atoms with E-state index in [9.17, 15) is 9.59 Å². The fourth-order valence-electron chi connectivity index (χ4n) is 1.80. The van der Waals surface area contributed by atoms with Gasteiger partial charge in [0.1, 0.15) is 5.75 Å². The third kappa shape index (κ3) is 4.92. The number of carbonyl (C=O) groups is 2. The minimum Gasteiger partial charge on any atom is -0.426 e. The lowest BCUT2D eigenvalue weighted by molar-refractivity contribution is -0.131. The van der Waals surface area contributed by atoms with Crippen molar-refractivity contribution in [2.45, 2.75) is 6.92 Å². The molecule has 0 aliphatic heterocycles. The predicted octanol–water partition coefficient (Wildman–Crippen LogP) is 4.05. The molecule has 0 saturated carbocycles. The van der Waals surface area contributed by atoms with E-state index >= 15 is 0 Å². The van der Waals surface area contributed by atoms with Gasteiger partial charge in [-0.25, -0.2) is 0 Å². The van der Waals surface area contributed by atoms with Crippen LogP contribution in [0.2, 0.25) is 10.0 Å². The fourth-order valence-corrected chi connectivity index (χ4v) is 2.31. The first-order valence-corrected chi connectivity index (χ1v) is 7.88. The lowest BCUT2D eigenvalue weighted by Gasteiger charge is -2.12. The molecule has 0 aliphatic rings. The van der Waals surface area contributed by atoms with Gasteiger partial charge < -0.3 is 10.1 Å². The highest BCUT2D eigenvalue weighted by Gasteiger charge is 2.15. The molecular formula is C16H12Cl2N2O3S. The number of hydrogen-bond donors (Lipinski definition) is 2. The Bertz CT molecular complexity index is 812. The second-order valence-electron chi connectivity index (χ2n) is 4.63. The molecule has 0 heterocycles. The number of rotatable bonds is 3. The summed E-state index contributed by atoms with van der Waals surface area (Å²) in [6.07, 6.45) is 0. The van der Waals surface area contributed by atoms with E-state index in [0.717, 1.165) is 0 Å². The van der Waals surface area contributed by atoms with Gasteiger partial charge in [0, 0.05) is 12.6 Å². The van der Waals surface area contributed by atoms with Crippen LogP contribution in [-0.4, -0.2) is 17.0 Å². The number of para-hydroxylation sites is 1. The van der Waals surface area contributed by atoms with Crippen molar-refractivity contribution in [3.8, 4) is 5.75 Å². The monoisotopic (exact) mass is 382 g/mol. The molecule has 8 heteroatoms. The average molecular weight is 383 g/mol. The van der Waals surface area contributed by atoms with Crippen molar-refractivity contribution in [2.24, 2.45) is 0 Å². The summed E-state index contributed by atoms with van der Waals surface area (Å²) in [5, 5.41) is 6.16. The summed E-state index contributed by atoms with van der Waals surface area (Å²) in [4.78, 5) is 23.4. The first-order chi connectivity index (χ1) is 11.4. The Balaban J connectivity index is 2.07. The molecule has 2 N–H and O–H groups in total. The van der Waals surface area contributed by atoms with Crippen LogP contribution in [0, 0.1) is 0 Å². The standard InChI is InChI=1S/C16H12Cl2N2O3S/c1-9(21)23-14-5-3-2-4-11(14)15(22)20-16(24)19-10-6-7-12(17)13(18)8-10/h2-8H,1H3,(H2,19,20,22,24). The van der Waals surface area contributed by atoms with Crippen LogP contribution in [0.15, 0.2) is 42.5 Å². The van der Waals surface area contributed by atoms with E-state index in [1.807, 2.05) is 0 Å². The van der Waals surface area contributed by atoms with Crippen LogP contribution in [0.25, 0.3) is 0 Å². The van der Waals surface area contributed by atoms with E-state index in [-0.39, 0.29) is 16.4 Å². The van der Waals surface area contributed by atoms with Crippen molar-refractivity contribution in [2.75, 3.05) is 5.32 Å². The minimum atomic E-state index is -0.522. The maximum Gasteiger partial charge on any atom is 0.308 e. The second kappa shape index (κ2) is 8.10. The Morgan fingerprint density at radius 2 is 1.79 bits per heavy atom. The molecule has 0 unspecified atom stereocenters. The van der Waals surface area contributed by atoms with Gasteiger partial charge in [-0.05, 0) is 42.5 Å². The van der Waals surface area contributed by atoms with Gasteiger partial charge in [0.15, 0.2) is 5.11 Å². The molecule has 0 fully saturated rings. The molecule has 0 spiro atoms. The molecular weight excluding hydrogens is 371 g/mol. The van der Waals surface area contributed by atoms with E-state index in [1.165, 1.54) is 19.1 Å². The van der Waals surface area contributed by atoms with E-state index in [2.05, 4.69) is 10.6 Å². The van der Waals surface area contributed by atoms with Gasteiger partial charge in [0.25, 0.3) is 5.91 Å². The number of anilines is 1. The minimum absolute atomic E-state index is 0.0658. The van der Waals surface area contributed by atoms with E-state index in [4.69, 9.17) is 40.2 Å². The van der Waals surface area contributed by atoms with Crippen LogP contribution < -0.4 is 15.4 Å². The molecule has 2 aromatic carbocycles. The number of hydrogen-bond acceptors (Lipinski definition) is 4. The summed E-state index contributed by atoms with van der Waals surface area (Å²) < 4.78 is 5.00. The molecule has 124 valence electrons. The molecule has 5 nitrogen and oxygen atoms in total. The fraction of sp³-hybridized carbons (Fsp3) is 0.0625. The highest BCUT2D eigenvalue weighted by molar-refractivity contribution is 7.80. The van der Waals surface area contributed by atoms with Crippen molar-refractivity contribution in [3.05, 3.63) is 58.1 Å². The Morgan fingerprint density at radius 3 is 2.46 bits per heavy atom. The Labute approximate surface area is 153 Å². The number of halogens is 2. The normalized spacial score (nSPS) is 9.96. The van der Waals surface area contributed by atoms with Crippen molar-refractivity contribution in [3.63, 3.8) is 0 Å². The number of benzene rings is 2. The third-order valence-electron chi connectivity index (χ3n) is 2.79. The highest BCUT2D eigenvalue weighted by Crippen LogP contribution is 2.25. The van der Waals surface area contributed by atoms with Crippen LogP contribution in [0.3, 0.4) is 0 Å². The third-order valence-corrected chi connectivity index (χ3v) is 3.73. The summed E-state index contributed by atoms with van der Waals surface area (Å²) >= 11 is 16.8. The maximum atomic E-state index is 12.3. The number of amides is 1. The quantitative estimate of drug-likeness (QED) is 0.476. The zero-order chi connectivity index (χ0) is 17.7. The molecule has 0 aromatic heterocycles. The highest BCUT2D eigenvalue weighted by atomic mass is 35.5.